The zero-order valence-electron chi connectivity index (χ0n) is 7.86. The number of hydrogen-bond acceptors (Lipinski definition) is 1. The number of hydrogen-bond donors (Lipinski definition) is 1. The molecule has 0 radical (unpaired) electrons. The van der Waals surface area contributed by atoms with Crippen LogP contribution in [0.4, 0.5) is 13.2 Å². The van der Waals surface area contributed by atoms with Crippen molar-refractivity contribution in [1.29, 1.82) is 0 Å². The van der Waals surface area contributed by atoms with Crippen LogP contribution in [0.25, 0.3) is 0 Å². The molecule has 0 aliphatic carbocycles. The Labute approximate surface area is 81.2 Å². The summed E-state index contributed by atoms with van der Waals surface area (Å²) in [5.41, 5.74) is 0. The largest absolute Gasteiger partial charge is 0.471 e. The summed E-state index contributed by atoms with van der Waals surface area (Å²) in [6.45, 7) is 3.60. The molecule has 0 saturated carbocycles. The van der Waals surface area contributed by atoms with E-state index in [0.717, 1.165) is 19.3 Å². The van der Waals surface area contributed by atoms with Gasteiger partial charge in [-0.3, -0.25) is 4.79 Å². The fraction of sp³-hybridized carbons (Fsp3) is 0.667. The van der Waals surface area contributed by atoms with Gasteiger partial charge in [0, 0.05) is 6.54 Å². The van der Waals surface area contributed by atoms with E-state index < -0.39 is 12.1 Å². The van der Waals surface area contributed by atoms with Gasteiger partial charge >= 0.3 is 12.1 Å². The smallest absolute Gasteiger partial charge is 0.348 e. The fourth-order valence-corrected chi connectivity index (χ4v) is 0.893. The molecule has 0 spiro atoms. The van der Waals surface area contributed by atoms with Gasteiger partial charge in [0.1, 0.15) is 0 Å². The highest BCUT2D eigenvalue weighted by atomic mass is 19.4. The Kier molecular flexibility index (Phi) is 5.99. The van der Waals surface area contributed by atoms with Crippen molar-refractivity contribution in [1.82, 2.24) is 5.32 Å². The zero-order valence-corrected chi connectivity index (χ0v) is 7.86. The van der Waals surface area contributed by atoms with Gasteiger partial charge < -0.3 is 5.32 Å². The number of halogens is 3. The Hall–Kier alpha value is -1.00. The fourth-order valence-electron chi connectivity index (χ4n) is 0.893. The predicted molar refractivity (Wildman–Crippen MR) is 47.7 cm³/mol. The average molecular weight is 209 g/mol. The van der Waals surface area contributed by atoms with Gasteiger partial charge in [-0.25, -0.2) is 0 Å². The molecule has 0 aliphatic heterocycles. The summed E-state index contributed by atoms with van der Waals surface area (Å²) in [6, 6.07) is 0. The molecule has 0 aromatic rings. The van der Waals surface area contributed by atoms with Gasteiger partial charge in [-0.1, -0.05) is 12.5 Å². The maximum atomic E-state index is 11.7. The first-order valence-corrected chi connectivity index (χ1v) is 4.44. The highest BCUT2D eigenvalue weighted by Crippen LogP contribution is 2.13. The minimum atomic E-state index is -4.76. The first-order chi connectivity index (χ1) is 6.48. The number of alkyl halides is 3. The van der Waals surface area contributed by atoms with Crippen molar-refractivity contribution in [2.45, 2.75) is 31.9 Å². The number of rotatable bonds is 6. The minimum absolute atomic E-state index is 0.0789. The molecule has 0 fully saturated rings. The molecule has 0 rings (SSSR count). The molecular formula is C9H14F3NO. The second-order valence-electron chi connectivity index (χ2n) is 2.89. The molecule has 0 bridgehead atoms. The van der Waals surface area contributed by atoms with Gasteiger partial charge in [-0.2, -0.15) is 13.2 Å². The quantitative estimate of drug-likeness (QED) is 0.528. The molecule has 1 amide bonds. The Morgan fingerprint density at radius 1 is 1.29 bits per heavy atom. The molecule has 0 aliphatic rings. The normalized spacial score (nSPS) is 11.1. The molecule has 0 atom stereocenters. The van der Waals surface area contributed by atoms with E-state index in [1.54, 1.807) is 6.08 Å². The Bertz CT molecular complexity index is 189. The molecule has 0 heterocycles. The number of carbonyl (C=O) groups is 1. The van der Waals surface area contributed by atoms with E-state index >= 15 is 0 Å². The number of carbonyl (C=O) groups excluding carboxylic acids is 1. The molecule has 0 saturated heterocycles. The number of amides is 1. The van der Waals surface area contributed by atoms with Crippen LogP contribution in [0.3, 0.4) is 0 Å². The summed E-state index contributed by atoms with van der Waals surface area (Å²) < 4.78 is 35.0. The van der Waals surface area contributed by atoms with Gasteiger partial charge in [-0.15, -0.1) is 6.58 Å². The first-order valence-electron chi connectivity index (χ1n) is 4.44. The van der Waals surface area contributed by atoms with Crippen molar-refractivity contribution in [3.8, 4) is 0 Å². The summed E-state index contributed by atoms with van der Waals surface area (Å²) in [4.78, 5) is 10.3. The maximum absolute atomic E-state index is 11.7. The van der Waals surface area contributed by atoms with Crippen LogP contribution < -0.4 is 5.32 Å². The van der Waals surface area contributed by atoms with Crippen LogP contribution in [0.15, 0.2) is 12.7 Å². The molecule has 0 unspecified atom stereocenters. The highest BCUT2D eigenvalue weighted by molar-refractivity contribution is 5.81. The van der Waals surface area contributed by atoms with E-state index in [4.69, 9.17) is 0 Å². The molecular weight excluding hydrogens is 195 g/mol. The highest BCUT2D eigenvalue weighted by Gasteiger charge is 2.37. The molecule has 0 aromatic carbocycles. The third-order valence-corrected chi connectivity index (χ3v) is 1.63. The number of nitrogens with one attached hydrogen (secondary N) is 1. The van der Waals surface area contributed by atoms with Crippen LogP contribution in [0.1, 0.15) is 25.7 Å². The van der Waals surface area contributed by atoms with Crippen LogP contribution in [-0.4, -0.2) is 18.6 Å². The number of unbranched alkanes of at least 4 members (excludes halogenated alkanes) is 3. The van der Waals surface area contributed by atoms with Crippen LogP contribution in [0, 0.1) is 0 Å². The Balaban J connectivity index is 3.37. The Morgan fingerprint density at radius 3 is 2.43 bits per heavy atom. The van der Waals surface area contributed by atoms with Gasteiger partial charge in [0.05, 0.1) is 0 Å². The lowest BCUT2D eigenvalue weighted by Gasteiger charge is -2.06. The van der Waals surface area contributed by atoms with E-state index in [2.05, 4.69) is 6.58 Å². The van der Waals surface area contributed by atoms with Crippen molar-refractivity contribution >= 4 is 5.91 Å². The lowest BCUT2D eigenvalue weighted by Crippen LogP contribution is -2.37. The molecule has 14 heavy (non-hydrogen) atoms. The van der Waals surface area contributed by atoms with Crippen molar-refractivity contribution in [3.05, 3.63) is 12.7 Å². The van der Waals surface area contributed by atoms with Crippen molar-refractivity contribution < 1.29 is 18.0 Å². The van der Waals surface area contributed by atoms with E-state index in [1.807, 2.05) is 5.32 Å². The SMILES string of the molecule is C=CCCCCCNC(=O)C(F)(F)F. The van der Waals surface area contributed by atoms with Crippen LogP contribution in [0.2, 0.25) is 0 Å². The van der Waals surface area contributed by atoms with Crippen molar-refractivity contribution in [2.24, 2.45) is 0 Å². The monoisotopic (exact) mass is 209 g/mol. The van der Waals surface area contributed by atoms with E-state index in [1.165, 1.54) is 0 Å². The van der Waals surface area contributed by atoms with E-state index in [0.29, 0.717) is 6.42 Å². The van der Waals surface area contributed by atoms with Crippen LogP contribution in [-0.2, 0) is 4.79 Å². The topological polar surface area (TPSA) is 29.1 Å². The zero-order chi connectivity index (χ0) is 11.0. The molecule has 82 valence electrons. The van der Waals surface area contributed by atoms with Crippen molar-refractivity contribution in [2.75, 3.05) is 6.54 Å². The van der Waals surface area contributed by atoms with Gasteiger partial charge in [0.2, 0.25) is 0 Å². The van der Waals surface area contributed by atoms with Gasteiger partial charge in [0.25, 0.3) is 0 Å². The Morgan fingerprint density at radius 2 is 1.93 bits per heavy atom. The van der Waals surface area contributed by atoms with E-state index in [9.17, 15) is 18.0 Å². The second-order valence-corrected chi connectivity index (χ2v) is 2.89. The molecule has 5 heteroatoms. The average Bonchev–Trinajstić information content (AvgIpc) is 2.09. The van der Waals surface area contributed by atoms with Gasteiger partial charge in [-0.05, 0) is 19.3 Å². The summed E-state index contributed by atoms with van der Waals surface area (Å²) in [6.07, 6.45) is 0.105. The predicted octanol–water partition coefficient (Wildman–Crippen LogP) is 2.41. The third kappa shape index (κ3) is 6.51. The first kappa shape index (κ1) is 13.0. The number of allylic oxidation sites excluding steroid dienone is 1. The van der Waals surface area contributed by atoms with Crippen molar-refractivity contribution in [3.63, 3.8) is 0 Å². The maximum Gasteiger partial charge on any atom is 0.471 e. The molecule has 1 N–H and O–H groups in total. The summed E-state index contributed by atoms with van der Waals surface area (Å²) in [5, 5.41) is 1.81. The summed E-state index contributed by atoms with van der Waals surface area (Å²) in [7, 11) is 0. The third-order valence-electron chi connectivity index (χ3n) is 1.63. The van der Waals surface area contributed by atoms with Crippen LogP contribution in [0.5, 0.6) is 0 Å². The van der Waals surface area contributed by atoms with Gasteiger partial charge in [0.15, 0.2) is 0 Å². The van der Waals surface area contributed by atoms with Crippen LogP contribution >= 0.6 is 0 Å². The summed E-state index contributed by atoms with van der Waals surface area (Å²) in [5.74, 6) is -1.86. The summed E-state index contributed by atoms with van der Waals surface area (Å²) >= 11 is 0. The molecule has 2 nitrogen and oxygen atoms in total. The minimum Gasteiger partial charge on any atom is -0.348 e. The standard InChI is InChI=1S/C9H14F3NO/c1-2-3-4-5-6-7-13-8(14)9(10,11)12/h2H,1,3-7H2,(H,13,14). The van der Waals surface area contributed by atoms with E-state index in [-0.39, 0.29) is 6.54 Å². The molecule has 0 aromatic heterocycles. The second kappa shape index (κ2) is 6.45. The lowest BCUT2D eigenvalue weighted by molar-refractivity contribution is -0.173. The lowest BCUT2D eigenvalue weighted by atomic mass is 10.2.